The molecule has 0 spiro atoms. The first-order valence-corrected chi connectivity index (χ1v) is 5.94. The van der Waals surface area contributed by atoms with Crippen molar-refractivity contribution in [3.05, 3.63) is 46.5 Å². The van der Waals surface area contributed by atoms with Crippen LogP contribution in [0.15, 0.2) is 30.9 Å². The number of carbonyl (C=O) groups excluding carboxylic acids is 2. The molecule has 8 heteroatoms. The largest absolute Gasteiger partial charge is 0.343 e. The van der Waals surface area contributed by atoms with Crippen LogP contribution in [0.25, 0.3) is 0 Å². The van der Waals surface area contributed by atoms with Gasteiger partial charge in [-0.05, 0) is 18.2 Å². The first-order chi connectivity index (χ1) is 9.08. The van der Waals surface area contributed by atoms with Gasteiger partial charge in [0, 0.05) is 5.02 Å². The second kappa shape index (κ2) is 5.81. The van der Waals surface area contributed by atoms with E-state index >= 15 is 0 Å². The Morgan fingerprint density at radius 1 is 1.32 bits per heavy atom. The number of carbonyl (C=O) groups is 2. The minimum atomic E-state index is -0.485. The Balaban J connectivity index is 2.02. The minimum Gasteiger partial charge on any atom is -0.343 e. The van der Waals surface area contributed by atoms with Gasteiger partial charge in [0.1, 0.15) is 12.7 Å². The predicted molar refractivity (Wildman–Crippen MR) is 69.4 cm³/mol. The maximum absolute atomic E-state index is 11.8. The van der Waals surface area contributed by atoms with Crippen molar-refractivity contribution in [2.75, 3.05) is 6.54 Å². The van der Waals surface area contributed by atoms with Crippen LogP contribution in [0.4, 0.5) is 0 Å². The summed E-state index contributed by atoms with van der Waals surface area (Å²) >= 11 is 11.7. The molecule has 0 fully saturated rings. The zero-order chi connectivity index (χ0) is 13.8. The maximum atomic E-state index is 11.8. The van der Waals surface area contributed by atoms with Gasteiger partial charge in [-0.25, -0.2) is 4.98 Å². The number of rotatable bonds is 3. The smallest absolute Gasteiger partial charge is 0.267 e. The van der Waals surface area contributed by atoms with Crippen LogP contribution in [0.2, 0.25) is 10.0 Å². The van der Waals surface area contributed by atoms with E-state index in [-0.39, 0.29) is 17.1 Å². The number of nitrogens with one attached hydrogen (secondary N) is 1. The molecule has 1 N–H and O–H groups in total. The van der Waals surface area contributed by atoms with Crippen LogP contribution in [-0.2, 0) is 0 Å². The summed E-state index contributed by atoms with van der Waals surface area (Å²) in [6.45, 7) is -0.217. The number of benzene rings is 1. The first-order valence-electron chi connectivity index (χ1n) is 5.19. The lowest BCUT2D eigenvalue weighted by atomic mass is 10.2. The Bertz CT molecular complexity index is 613. The average Bonchev–Trinajstić information content (AvgIpc) is 2.92. The van der Waals surface area contributed by atoms with Crippen molar-refractivity contribution in [2.24, 2.45) is 0 Å². The van der Waals surface area contributed by atoms with Gasteiger partial charge in [-0.15, -0.1) is 0 Å². The summed E-state index contributed by atoms with van der Waals surface area (Å²) in [5, 5.41) is 6.74. The third-order valence-corrected chi connectivity index (χ3v) is 2.81. The molecule has 1 amide bonds. The van der Waals surface area contributed by atoms with Crippen LogP contribution in [0, 0.1) is 0 Å². The summed E-state index contributed by atoms with van der Waals surface area (Å²) in [5.74, 6) is -0.898. The molecule has 0 unspecified atom stereocenters. The normalized spacial score (nSPS) is 10.2. The Kier molecular flexibility index (Phi) is 4.13. The van der Waals surface area contributed by atoms with Crippen molar-refractivity contribution in [2.45, 2.75) is 0 Å². The summed E-state index contributed by atoms with van der Waals surface area (Å²) in [6.07, 6.45) is 2.48. The van der Waals surface area contributed by atoms with E-state index in [1.807, 2.05) is 0 Å². The quantitative estimate of drug-likeness (QED) is 0.935. The fourth-order valence-corrected chi connectivity index (χ4v) is 1.72. The molecule has 98 valence electrons. The van der Waals surface area contributed by atoms with Crippen LogP contribution < -0.4 is 5.32 Å². The average molecular weight is 299 g/mol. The molecule has 0 saturated heterocycles. The molecule has 2 aromatic rings. The van der Waals surface area contributed by atoms with Gasteiger partial charge >= 0.3 is 0 Å². The van der Waals surface area contributed by atoms with Crippen molar-refractivity contribution in [3.63, 3.8) is 0 Å². The monoisotopic (exact) mass is 298 g/mol. The van der Waals surface area contributed by atoms with Gasteiger partial charge in [0.15, 0.2) is 0 Å². The predicted octanol–water partition coefficient (Wildman–Crippen LogP) is 1.66. The van der Waals surface area contributed by atoms with E-state index in [1.165, 1.54) is 24.8 Å². The maximum Gasteiger partial charge on any atom is 0.267 e. The highest BCUT2D eigenvalue weighted by atomic mass is 35.5. The van der Waals surface area contributed by atoms with Gasteiger partial charge in [-0.2, -0.15) is 9.78 Å². The Labute approximate surface area is 118 Å². The third kappa shape index (κ3) is 3.30. The number of halogens is 2. The van der Waals surface area contributed by atoms with Crippen LogP contribution >= 0.6 is 23.2 Å². The van der Waals surface area contributed by atoms with Crippen LogP contribution in [-0.4, -0.2) is 33.1 Å². The molecule has 1 heterocycles. The topological polar surface area (TPSA) is 76.9 Å². The van der Waals surface area contributed by atoms with Crippen molar-refractivity contribution in [1.82, 2.24) is 20.1 Å². The lowest BCUT2D eigenvalue weighted by molar-refractivity contribution is 0.0850. The standard InChI is InChI=1S/C11H8Cl2N4O2/c12-7-1-2-9(13)8(3-7)11(19)15-4-10(18)17-6-14-5-16-17/h1-3,5-6H,4H2,(H,15,19). The Hall–Kier alpha value is -1.92. The zero-order valence-electron chi connectivity index (χ0n) is 9.51. The number of aromatic nitrogens is 3. The molecule has 6 nitrogen and oxygen atoms in total. The van der Waals surface area contributed by atoms with E-state index < -0.39 is 11.8 Å². The van der Waals surface area contributed by atoms with Crippen molar-refractivity contribution < 1.29 is 9.59 Å². The van der Waals surface area contributed by atoms with Gasteiger partial charge in [0.25, 0.3) is 11.8 Å². The second-order valence-electron chi connectivity index (χ2n) is 3.54. The molecular weight excluding hydrogens is 291 g/mol. The summed E-state index contributed by atoms with van der Waals surface area (Å²) < 4.78 is 1.03. The molecule has 0 atom stereocenters. The minimum absolute atomic E-state index is 0.209. The molecule has 19 heavy (non-hydrogen) atoms. The lowest BCUT2D eigenvalue weighted by Crippen LogP contribution is -2.32. The highest BCUT2D eigenvalue weighted by Gasteiger charge is 2.13. The Morgan fingerprint density at radius 3 is 2.79 bits per heavy atom. The molecule has 0 aliphatic rings. The second-order valence-corrected chi connectivity index (χ2v) is 4.38. The molecule has 0 aliphatic heterocycles. The van der Waals surface area contributed by atoms with Gasteiger partial charge in [0.2, 0.25) is 0 Å². The summed E-state index contributed by atoms with van der Waals surface area (Å²) in [7, 11) is 0. The van der Waals surface area contributed by atoms with E-state index in [9.17, 15) is 9.59 Å². The molecule has 0 bridgehead atoms. The number of hydrogen-bond acceptors (Lipinski definition) is 4. The molecule has 1 aromatic heterocycles. The SMILES string of the molecule is O=C(NCC(=O)n1cncn1)c1cc(Cl)ccc1Cl. The van der Waals surface area contributed by atoms with Crippen LogP contribution in [0.3, 0.4) is 0 Å². The molecule has 0 radical (unpaired) electrons. The summed E-state index contributed by atoms with van der Waals surface area (Å²) in [6, 6.07) is 4.51. The van der Waals surface area contributed by atoms with Crippen LogP contribution in [0.1, 0.15) is 15.2 Å². The van der Waals surface area contributed by atoms with E-state index in [0.717, 1.165) is 4.68 Å². The van der Waals surface area contributed by atoms with Gasteiger partial charge in [-0.3, -0.25) is 9.59 Å². The van der Waals surface area contributed by atoms with E-state index in [0.29, 0.717) is 5.02 Å². The highest BCUT2D eigenvalue weighted by molar-refractivity contribution is 6.35. The molecule has 0 saturated carbocycles. The van der Waals surface area contributed by atoms with Gasteiger partial charge in [0.05, 0.1) is 17.1 Å². The highest BCUT2D eigenvalue weighted by Crippen LogP contribution is 2.20. The van der Waals surface area contributed by atoms with E-state index in [4.69, 9.17) is 23.2 Å². The first kappa shape index (κ1) is 13.5. The molecule has 2 rings (SSSR count). The fourth-order valence-electron chi connectivity index (χ4n) is 1.34. The van der Waals surface area contributed by atoms with Gasteiger partial charge < -0.3 is 5.32 Å². The summed E-state index contributed by atoms with van der Waals surface area (Å²) in [4.78, 5) is 27.1. The van der Waals surface area contributed by atoms with Crippen molar-refractivity contribution in [1.29, 1.82) is 0 Å². The molecule has 1 aromatic carbocycles. The number of nitrogens with zero attached hydrogens (tertiary/aromatic N) is 3. The molecular formula is C11H8Cl2N4O2. The third-order valence-electron chi connectivity index (χ3n) is 2.25. The lowest BCUT2D eigenvalue weighted by Gasteiger charge is -2.06. The Morgan fingerprint density at radius 2 is 2.11 bits per heavy atom. The van der Waals surface area contributed by atoms with Crippen molar-refractivity contribution in [3.8, 4) is 0 Å². The fraction of sp³-hybridized carbons (Fsp3) is 0.0909. The number of hydrogen-bond donors (Lipinski definition) is 1. The molecule has 0 aliphatic carbocycles. The van der Waals surface area contributed by atoms with Crippen LogP contribution in [0.5, 0.6) is 0 Å². The van der Waals surface area contributed by atoms with E-state index in [1.54, 1.807) is 6.07 Å². The van der Waals surface area contributed by atoms with Crippen molar-refractivity contribution >= 4 is 35.0 Å². The van der Waals surface area contributed by atoms with E-state index in [2.05, 4.69) is 15.4 Å². The number of amides is 1. The van der Waals surface area contributed by atoms with Gasteiger partial charge in [-0.1, -0.05) is 23.2 Å². The summed E-state index contributed by atoms with van der Waals surface area (Å²) in [5.41, 5.74) is 0.209. The zero-order valence-corrected chi connectivity index (χ0v) is 11.0.